The van der Waals surface area contributed by atoms with Crippen LogP contribution in [-0.4, -0.2) is 4.98 Å². The van der Waals surface area contributed by atoms with Crippen LogP contribution in [-0.2, 0) is 6.18 Å². The highest BCUT2D eigenvalue weighted by atomic mass is 79.9. The summed E-state index contributed by atoms with van der Waals surface area (Å²) in [6.07, 6.45) is -3.51. The van der Waals surface area contributed by atoms with Crippen LogP contribution in [0.4, 0.5) is 13.2 Å². The third kappa shape index (κ3) is 2.18. The van der Waals surface area contributed by atoms with Gasteiger partial charge in [0.05, 0.1) is 5.56 Å². The Hall–Kier alpha value is -1.09. The monoisotopic (exact) mass is 250 g/mol. The van der Waals surface area contributed by atoms with E-state index in [0.29, 0.717) is 6.07 Å². The average Bonchev–Trinajstić information content (AvgIpc) is 2.03. The Labute approximate surface area is 80.1 Å². The summed E-state index contributed by atoms with van der Waals surface area (Å²) in [6, 6.07) is 2.23. The minimum atomic E-state index is -4.46. The zero-order valence-electron chi connectivity index (χ0n) is 6.06. The molecule has 1 rings (SSSR count). The first-order valence-corrected chi connectivity index (χ1v) is 3.87. The molecule has 0 aliphatic rings. The molecule has 0 aliphatic heterocycles. The lowest BCUT2D eigenvalue weighted by Gasteiger charge is -2.07. The van der Waals surface area contributed by atoms with Crippen LogP contribution < -0.4 is 0 Å². The van der Waals surface area contributed by atoms with E-state index in [1.54, 1.807) is 0 Å². The first-order chi connectivity index (χ1) is 5.95. The number of pyridine rings is 1. The highest BCUT2D eigenvalue weighted by molar-refractivity contribution is 9.10. The number of aromatic nitrogens is 1. The predicted octanol–water partition coefficient (Wildman–Crippen LogP) is 2.73. The minimum Gasteiger partial charge on any atom is -0.244 e. The van der Waals surface area contributed by atoms with Gasteiger partial charge in [0.25, 0.3) is 0 Å². The van der Waals surface area contributed by atoms with Gasteiger partial charge in [0.1, 0.15) is 11.8 Å². The van der Waals surface area contributed by atoms with E-state index in [1.165, 1.54) is 6.07 Å². The molecule has 1 aromatic heterocycles. The Morgan fingerprint density at radius 3 is 2.54 bits per heavy atom. The smallest absolute Gasteiger partial charge is 0.244 e. The summed E-state index contributed by atoms with van der Waals surface area (Å²) in [4.78, 5) is 3.46. The van der Waals surface area contributed by atoms with Crippen molar-refractivity contribution in [1.29, 1.82) is 5.26 Å². The number of rotatable bonds is 0. The second-order valence-electron chi connectivity index (χ2n) is 2.16. The maximum absolute atomic E-state index is 12.2. The third-order valence-corrected chi connectivity index (χ3v) is 1.91. The number of nitrogens with zero attached hydrogens (tertiary/aromatic N) is 2. The van der Waals surface area contributed by atoms with Crippen LogP contribution in [0.3, 0.4) is 0 Å². The molecular weight excluding hydrogens is 249 g/mol. The van der Waals surface area contributed by atoms with Crippen molar-refractivity contribution in [3.05, 3.63) is 28.0 Å². The Bertz CT molecular complexity index is 367. The van der Waals surface area contributed by atoms with E-state index in [4.69, 9.17) is 5.26 Å². The van der Waals surface area contributed by atoms with Crippen LogP contribution in [0.1, 0.15) is 11.3 Å². The van der Waals surface area contributed by atoms with Crippen LogP contribution in [0.5, 0.6) is 0 Å². The van der Waals surface area contributed by atoms with Crippen LogP contribution in [0, 0.1) is 11.3 Å². The maximum atomic E-state index is 12.2. The number of halogens is 4. The van der Waals surface area contributed by atoms with Gasteiger partial charge in [-0.2, -0.15) is 18.4 Å². The van der Waals surface area contributed by atoms with E-state index in [1.807, 2.05) is 0 Å². The Morgan fingerprint density at radius 1 is 1.46 bits per heavy atom. The van der Waals surface area contributed by atoms with E-state index >= 15 is 0 Å². The van der Waals surface area contributed by atoms with Gasteiger partial charge < -0.3 is 0 Å². The van der Waals surface area contributed by atoms with Crippen molar-refractivity contribution in [2.75, 3.05) is 0 Å². The van der Waals surface area contributed by atoms with E-state index in [2.05, 4.69) is 20.9 Å². The Kier molecular flexibility index (Phi) is 2.57. The van der Waals surface area contributed by atoms with E-state index < -0.39 is 11.7 Å². The van der Waals surface area contributed by atoms with Gasteiger partial charge in [-0.25, -0.2) is 4.98 Å². The predicted molar refractivity (Wildman–Crippen MR) is 41.7 cm³/mol. The minimum absolute atomic E-state index is 0.168. The van der Waals surface area contributed by atoms with E-state index in [-0.39, 0.29) is 10.2 Å². The molecule has 0 radical (unpaired) electrons. The summed E-state index contributed by atoms with van der Waals surface area (Å²) in [5.74, 6) is 0. The second-order valence-corrected chi connectivity index (χ2v) is 3.01. The van der Waals surface area contributed by atoms with Crippen LogP contribution in [0.2, 0.25) is 0 Å². The summed E-state index contributed by atoms with van der Waals surface area (Å²) >= 11 is 2.70. The van der Waals surface area contributed by atoms with Gasteiger partial charge in [-0.15, -0.1) is 0 Å². The molecule has 0 amide bonds. The van der Waals surface area contributed by atoms with Crippen molar-refractivity contribution in [3.63, 3.8) is 0 Å². The molecule has 0 aliphatic carbocycles. The standard InChI is InChI=1S/C7H2BrF3N2/c8-6-3-13-4(2-12)1-5(6)7(9,10)11/h1,3H. The van der Waals surface area contributed by atoms with E-state index in [0.717, 1.165) is 6.20 Å². The zero-order valence-corrected chi connectivity index (χ0v) is 7.65. The lowest BCUT2D eigenvalue weighted by molar-refractivity contribution is -0.138. The quantitative estimate of drug-likeness (QED) is 0.710. The zero-order chi connectivity index (χ0) is 10.1. The van der Waals surface area contributed by atoms with Gasteiger partial charge in [0.15, 0.2) is 0 Å². The summed E-state index contributed by atoms with van der Waals surface area (Å²) in [5.41, 5.74) is -1.14. The molecule has 0 bridgehead atoms. The molecule has 13 heavy (non-hydrogen) atoms. The van der Waals surface area contributed by atoms with Crippen molar-refractivity contribution in [2.24, 2.45) is 0 Å². The van der Waals surface area contributed by atoms with Gasteiger partial charge >= 0.3 is 6.18 Å². The lowest BCUT2D eigenvalue weighted by atomic mass is 10.2. The van der Waals surface area contributed by atoms with Crippen LogP contribution >= 0.6 is 15.9 Å². The van der Waals surface area contributed by atoms with Crippen molar-refractivity contribution in [1.82, 2.24) is 4.98 Å². The number of nitriles is 1. The molecule has 0 unspecified atom stereocenters. The molecule has 0 fully saturated rings. The fraction of sp³-hybridized carbons (Fsp3) is 0.143. The van der Waals surface area contributed by atoms with E-state index in [9.17, 15) is 13.2 Å². The molecule has 68 valence electrons. The highest BCUT2D eigenvalue weighted by Crippen LogP contribution is 2.34. The normalized spacial score (nSPS) is 11.0. The summed E-state index contributed by atoms with van der Waals surface area (Å²) < 4.78 is 36.4. The fourth-order valence-corrected chi connectivity index (χ4v) is 1.16. The SMILES string of the molecule is N#Cc1cc(C(F)(F)F)c(Br)cn1. The molecule has 2 nitrogen and oxygen atoms in total. The average molecular weight is 251 g/mol. The molecule has 6 heteroatoms. The van der Waals surface area contributed by atoms with Crippen LogP contribution in [0.25, 0.3) is 0 Å². The topological polar surface area (TPSA) is 36.7 Å². The molecule has 0 saturated carbocycles. The molecule has 0 spiro atoms. The Balaban J connectivity index is 3.29. The second kappa shape index (κ2) is 3.34. The van der Waals surface area contributed by atoms with Gasteiger partial charge in [-0.3, -0.25) is 0 Å². The summed E-state index contributed by atoms with van der Waals surface area (Å²) in [7, 11) is 0. The van der Waals surface area contributed by atoms with Crippen molar-refractivity contribution in [2.45, 2.75) is 6.18 Å². The molecule has 0 aromatic carbocycles. The van der Waals surface area contributed by atoms with Crippen LogP contribution in [0.15, 0.2) is 16.7 Å². The molecule has 1 heterocycles. The maximum Gasteiger partial charge on any atom is 0.417 e. The number of hydrogen-bond acceptors (Lipinski definition) is 2. The molecule has 0 atom stereocenters. The highest BCUT2D eigenvalue weighted by Gasteiger charge is 2.33. The summed E-state index contributed by atoms with van der Waals surface area (Å²) in [6.45, 7) is 0. The summed E-state index contributed by atoms with van der Waals surface area (Å²) in [5, 5.41) is 8.32. The third-order valence-electron chi connectivity index (χ3n) is 1.28. The lowest BCUT2D eigenvalue weighted by Crippen LogP contribution is -2.07. The first kappa shape index (κ1) is 9.99. The van der Waals surface area contributed by atoms with Gasteiger partial charge in [0.2, 0.25) is 0 Å². The fourth-order valence-electron chi connectivity index (χ4n) is 0.717. The Morgan fingerprint density at radius 2 is 2.08 bits per heavy atom. The van der Waals surface area contributed by atoms with Gasteiger partial charge in [0, 0.05) is 10.7 Å². The van der Waals surface area contributed by atoms with Crippen molar-refractivity contribution in [3.8, 4) is 6.07 Å². The first-order valence-electron chi connectivity index (χ1n) is 3.08. The molecule has 1 aromatic rings. The number of hydrogen-bond donors (Lipinski definition) is 0. The van der Waals surface area contributed by atoms with Gasteiger partial charge in [-0.05, 0) is 22.0 Å². The largest absolute Gasteiger partial charge is 0.417 e. The van der Waals surface area contributed by atoms with Crippen molar-refractivity contribution >= 4 is 15.9 Å². The molecular formula is C7H2BrF3N2. The van der Waals surface area contributed by atoms with Crippen molar-refractivity contribution < 1.29 is 13.2 Å². The number of alkyl halides is 3. The molecule has 0 N–H and O–H groups in total. The van der Waals surface area contributed by atoms with Gasteiger partial charge in [-0.1, -0.05) is 0 Å². The molecule has 0 saturated heterocycles.